The highest BCUT2D eigenvalue weighted by Crippen LogP contribution is 2.34. The number of methoxy groups -OCH3 is 4. The highest BCUT2D eigenvalue weighted by Gasteiger charge is 2.53. The molecule has 0 aliphatic carbocycles. The average molecular weight is 1120 g/mol. The second-order valence-electron chi connectivity index (χ2n) is 17.2. The molecule has 0 radical (unpaired) electrons. The number of ether oxygens (including phenoxy) is 10. The molecule has 12 N–H and O–H groups in total. The van der Waals surface area contributed by atoms with E-state index in [1.165, 1.54) is 28.4 Å². The number of hydrogen-bond donors (Lipinski definition) is 12. The minimum atomic E-state index is -1.25. The predicted octanol–water partition coefficient (Wildman–Crippen LogP) is 0.650. The Hall–Kier alpha value is -2.84. The highest BCUT2D eigenvalue weighted by molar-refractivity contribution is 5.77. The molecule has 0 aromatic rings. The van der Waals surface area contributed by atoms with Gasteiger partial charge >= 0.3 is 17.9 Å². The molecular weight excluding hydrogens is 1010 g/mol. The van der Waals surface area contributed by atoms with Crippen molar-refractivity contribution >= 4 is 23.8 Å². The Labute approximate surface area is 451 Å². The average Bonchev–Trinajstić information content (AvgIpc) is 3.68. The van der Waals surface area contributed by atoms with Crippen molar-refractivity contribution in [3.8, 4) is 0 Å². The van der Waals surface area contributed by atoms with Crippen LogP contribution in [0.3, 0.4) is 0 Å². The summed E-state index contributed by atoms with van der Waals surface area (Å²) in [5.41, 5.74) is -0.302. The van der Waals surface area contributed by atoms with Crippen LogP contribution < -0.4 is 5.32 Å². The summed E-state index contributed by atoms with van der Waals surface area (Å²) in [6, 6.07) is 0. The van der Waals surface area contributed by atoms with E-state index in [0.717, 1.165) is 0 Å². The van der Waals surface area contributed by atoms with Crippen LogP contribution in [0.4, 0.5) is 0 Å². The van der Waals surface area contributed by atoms with Gasteiger partial charge in [0.1, 0.15) is 49.8 Å². The van der Waals surface area contributed by atoms with E-state index in [0.29, 0.717) is 32.1 Å². The van der Waals surface area contributed by atoms with Gasteiger partial charge in [0.25, 0.3) is 0 Å². The molecule has 1 aliphatic heterocycles. The molecule has 1 saturated heterocycles. The molecule has 26 heteroatoms. The fourth-order valence-corrected chi connectivity index (χ4v) is 6.14. The first-order valence-corrected chi connectivity index (χ1v) is 25.8. The van der Waals surface area contributed by atoms with Crippen molar-refractivity contribution in [1.29, 1.82) is 0 Å². The number of carboxylic acids is 1. The first kappa shape index (κ1) is 82.0. The third-order valence-corrected chi connectivity index (χ3v) is 10.9. The van der Waals surface area contributed by atoms with Gasteiger partial charge in [-0.1, -0.05) is 55.4 Å². The van der Waals surface area contributed by atoms with Crippen molar-refractivity contribution in [2.75, 3.05) is 94.5 Å². The largest absolute Gasteiger partial charge is 0.481 e. The van der Waals surface area contributed by atoms with Crippen molar-refractivity contribution in [1.82, 2.24) is 5.32 Å². The summed E-state index contributed by atoms with van der Waals surface area (Å²) in [5.74, 6) is -6.91. The van der Waals surface area contributed by atoms with E-state index >= 15 is 0 Å². The summed E-state index contributed by atoms with van der Waals surface area (Å²) in [5, 5.41) is 103. The van der Waals surface area contributed by atoms with E-state index < -0.39 is 90.9 Å². The van der Waals surface area contributed by atoms with Crippen molar-refractivity contribution in [3.05, 3.63) is 0 Å². The lowest BCUT2D eigenvalue weighted by atomic mass is 10.0. The number of aliphatic hydroxyl groups excluding tert-OH is 10. The molecule has 0 saturated carbocycles. The molecule has 26 nitrogen and oxygen atoms in total. The van der Waals surface area contributed by atoms with Crippen LogP contribution in [0, 0.1) is 0 Å². The third kappa shape index (κ3) is 34.2. The molecule has 1 rings (SSSR count). The highest BCUT2D eigenvalue weighted by atomic mass is 16.7. The van der Waals surface area contributed by atoms with Gasteiger partial charge in [-0.05, 0) is 33.6 Å². The lowest BCUT2D eigenvalue weighted by molar-refractivity contribution is -0.274. The van der Waals surface area contributed by atoms with E-state index in [-0.39, 0.29) is 96.4 Å². The number of hydrogen-bond acceptors (Lipinski definition) is 24. The maximum atomic E-state index is 11.7. The van der Waals surface area contributed by atoms with Gasteiger partial charge in [0.15, 0.2) is 23.1 Å². The summed E-state index contributed by atoms with van der Waals surface area (Å²) < 4.78 is 51.6. The van der Waals surface area contributed by atoms with Gasteiger partial charge < -0.3 is 109 Å². The van der Waals surface area contributed by atoms with E-state index in [1.807, 2.05) is 48.5 Å². The fraction of sp³-hybridized carbons (Fsp3) is 0.920. The van der Waals surface area contributed by atoms with Gasteiger partial charge in [-0.3, -0.25) is 19.2 Å². The Morgan fingerprint density at radius 1 is 0.579 bits per heavy atom. The summed E-state index contributed by atoms with van der Waals surface area (Å²) in [6.07, 6.45) is -2.99. The van der Waals surface area contributed by atoms with Gasteiger partial charge in [-0.15, -0.1) is 0 Å². The van der Waals surface area contributed by atoms with Gasteiger partial charge in [-0.2, -0.15) is 0 Å². The molecule has 1 heterocycles. The monoisotopic (exact) mass is 1120 g/mol. The third-order valence-electron chi connectivity index (χ3n) is 10.9. The number of aliphatic hydroxyl groups is 10. The topological polar surface area (TPSA) is 395 Å². The maximum absolute atomic E-state index is 11.7. The molecule has 1 fully saturated rings. The number of nitrogens with one attached hydrogen (secondary N) is 1. The summed E-state index contributed by atoms with van der Waals surface area (Å²) >= 11 is 0. The number of esters is 2. The van der Waals surface area contributed by atoms with E-state index in [4.69, 9.17) is 72.9 Å². The number of amides is 1. The van der Waals surface area contributed by atoms with Crippen molar-refractivity contribution < 1.29 is 123 Å². The van der Waals surface area contributed by atoms with E-state index in [1.54, 1.807) is 27.7 Å². The molecule has 0 aromatic carbocycles. The minimum absolute atomic E-state index is 0.0202. The van der Waals surface area contributed by atoms with Gasteiger partial charge in [0.2, 0.25) is 5.91 Å². The number of aliphatic carboxylic acids is 1. The quantitative estimate of drug-likeness (QED) is 0.0311. The Bertz CT molecular complexity index is 1380. The minimum Gasteiger partial charge on any atom is -0.481 e. The fourth-order valence-electron chi connectivity index (χ4n) is 6.14. The van der Waals surface area contributed by atoms with Crippen LogP contribution in [0.2, 0.25) is 0 Å². The molecule has 1 aliphatic rings. The number of carboxylic acid groups (broad SMARTS) is 1. The summed E-state index contributed by atoms with van der Waals surface area (Å²) in [6.45, 7) is 17.5. The van der Waals surface area contributed by atoms with Crippen LogP contribution in [-0.4, -0.2) is 240 Å². The Kier molecular flexibility index (Phi) is 50.7. The molecule has 458 valence electrons. The maximum Gasteiger partial charge on any atom is 0.305 e. The van der Waals surface area contributed by atoms with Crippen LogP contribution >= 0.6 is 0 Å². The van der Waals surface area contributed by atoms with Gasteiger partial charge in [-0.25, -0.2) is 0 Å². The van der Waals surface area contributed by atoms with E-state index in [2.05, 4.69) is 5.32 Å². The van der Waals surface area contributed by atoms with Crippen LogP contribution in [-0.2, 0) is 66.5 Å². The molecule has 9 atom stereocenters. The zero-order valence-electron chi connectivity index (χ0n) is 48.2. The first-order chi connectivity index (χ1) is 35.8. The zero-order valence-corrected chi connectivity index (χ0v) is 48.2. The van der Waals surface area contributed by atoms with Gasteiger partial charge in [0.05, 0.1) is 52.9 Å². The normalized spacial score (nSPS) is 19.9. The number of rotatable bonds is 34. The SMILES string of the molecule is CC.CC.CC[C@@](CO)(OC)OC(CO)CO.CC[C@@](CO)(OC)OC(CO)COC(=O)CCCC(=O)NC(C)(C)C.CC[C@@](CO)(OC)OC(CO)COC(=O)CCCC(=O)O.CC[C@@]1(OC)O[C@H](CO)[C@@H](O)[C@H]1O. The van der Waals surface area contributed by atoms with Gasteiger partial charge in [0, 0.05) is 85.3 Å². The zero-order chi connectivity index (χ0) is 60.2. The lowest BCUT2D eigenvalue weighted by Gasteiger charge is -2.32. The summed E-state index contributed by atoms with van der Waals surface area (Å²) in [7, 11) is 5.57. The molecule has 0 bridgehead atoms. The standard InChI is InChI=1S/C17H33NO7.C13H24O8.C8H16O5.C8H18O5.2C2H6/c1-6-17(12-20,23-5)25-13(10-19)11-24-15(22)9-7-8-14(21)18-16(2,3)4;1-3-13(9-15,19-2)21-10(7-14)8-20-12(18)6-4-5-11(16)17;1-3-8(12-2)7(11)6(10)5(4-9)13-8;1-3-8(6-11,12-2)13-7(4-9)5-10;2*1-2/h13,19-20H,6-12H2,1-5H3,(H,18,21);10,14-15H,3-9H2,1-2H3,(H,16,17);5-7,9-11H,3-4H2,1-2H3;7,9-11H,3-6H2,1-2H3;2*1-2H3/t13?,17-;10?,13-;5-,6-,7-,8-;8-;;/m1111../s1. The molecule has 76 heavy (non-hydrogen) atoms. The predicted molar refractivity (Wildman–Crippen MR) is 276 cm³/mol. The Morgan fingerprint density at radius 2 is 0.934 bits per heavy atom. The van der Waals surface area contributed by atoms with Crippen LogP contribution in [0.15, 0.2) is 0 Å². The smallest absolute Gasteiger partial charge is 0.305 e. The summed E-state index contributed by atoms with van der Waals surface area (Å²) in [4.78, 5) is 45.1. The van der Waals surface area contributed by atoms with E-state index in [9.17, 15) is 49.8 Å². The Morgan fingerprint density at radius 3 is 1.17 bits per heavy atom. The molecule has 1 amide bonds. The molecular formula is C50H103NO25. The molecule has 0 aromatic heterocycles. The first-order valence-electron chi connectivity index (χ1n) is 25.8. The van der Waals surface area contributed by atoms with Crippen molar-refractivity contribution in [2.45, 2.75) is 206 Å². The Balaban J connectivity index is -0.000000298. The second-order valence-corrected chi connectivity index (χ2v) is 17.2. The van der Waals surface area contributed by atoms with Crippen molar-refractivity contribution in [2.24, 2.45) is 0 Å². The van der Waals surface area contributed by atoms with Crippen LogP contribution in [0.25, 0.3) is 0 Å². The van der Waals surface area contributed by atoms with Crippen LogP contribution in [0.5, 0.6) is 0 Å². The molecule has 2 unspecified atom stereocenters. The second kappa shape index (κ2) is 47.0. The number of carbonyl (C=O) groups is 4. The molecule has 0 spiro atoms. The number of carbonyl (C=O) groups excluding carboxylic acids is 3. The lowest BCUT2D eigenvalue weighted by Crippen LogP contribution is -2.44. The van der Waals surface area contributed by atoms with Crippen molar-refractivity contribution in [3.63, 3.8) is 0 Å². The van der Waals surface area contributed by atoms with Crippen LogP contribution in [0.1, 0.15) is 140 Å².